The fourth-order valence-corrected chi connectivity index (χ4v) is 4.63. The third-order valence-corrected chi connectivity index (χ3v) is 6.72. The van der Waals surface area contributed by atoms with Crippen molar-refractivity contribution in [2.45, 2.75) is 0 Å². The number of methoxy groups -OCH3 is 2. The molecule has 4 aromatic carbocycles. The van der Waals surface area contributed by atoms with Crippen LogP contribution < -0.4 is 9.47 Å². The number of benzene rings is 4. The second-order valence-electron chi connectivity index (χ2n) is 9.12. The van der Waals surface area contributed by atoms with Gasteiger partial charge in [-0.3, -0.25) is 0 Å². The summed E-state index contributed by atoms with van der Waals surface area (Å²) >= 11 is 0. The highest BCUT2D eigenvalue weighted by molar-refractivity contribution is 6.38. The van der Waals surface area contributed by atoms with Gasteiger partial charge in [0.2, 0.25) is 0 Å². The standard InChI is InChI=1S/C34H27N3O2/c1-38-27-17-13-23(14-18-27)29-21-31(25-9-5-3-6-10-25)35-33(29)37-34-30(24-15-19-28(39-2)20-16-24)22-32(36-34)26-11-7-4-8-12-26/h3-22,35H,1-2H3/b37-34-. The van der Waals surface area contributed by atoms with E-state index in [0.29, 0.717) is 5.84 Å². The van der Waals surface area contributed by atoms with Gasteiger partial charge in [-0.05, 0) is 53.1 Å². The topological polar surface area (TPSA) is 59.0 Å². The lowest BCUT2D eigenvalue weighted by molar-refractivity contribution is 0.414. The lowest BCUT2D eigenvalue weighted by Crippen LogP contribution is -1.96. The number of hydrogen-bond donors (Lipinski definition) is 1. The largest absolute Gasteiger partial charge is 0.497 e. The highest BCUT2D eigenvalue weighted by atomic mass is 16.5. The van der Waals surface area contributed by atoms with Crippen molar-refractivity contribution >= 4 is 22.9 Å². The average molecular weight is 510 g/mol. The van der Waals surface area contributed by atoms with E-state index in [1.807, 2.05) is 84.9 Å². The first-order chi connectivity index (χ1) is 19.2. The molecule has 0 saturated carbocycles. The molecular formula is C34H27N3O2. The van der Waals surface area contributed by atoms with Gasteiger partial charge in [0, 0.05) is 22.4 Å². The Morgan fingerprint density at radius 1 is 0.615 bits per heavy atom. The molecule has 1 aromatic heterocycles. The van der Waals surface area contributed by atoms with Gasteiger partial charge < -0.3 is 14.5 Å². The van der Waals surface area contributed by atoms with Crippen molar-refractivity contribution in [3.63, 3.8) is 0 Å². The van der Waals surface area contributed by atoms with Crippen LogP contribution in [0.5, 0.6) is 11.5 Å². The Bertz CT molecular complexity index is 1680. The third kappa shape index (κ3) is 5.03. The predicted octanol–water partition coefficient (Wildman–Crippen LogP) is 7.98. The van der Waals surface area contributed by atoms with Gasteiger partial charge in [-0.2, -0.15) is 0 Å². The van der Waals surface area contributed by atoms with E-state index < -0.39 is 0 Å². The smallest absolute Gasteiger partial charge is 0.162 e. The molecular weight excluding hydrogens is 482 g/mol. The lowest BCUT2D eigenvalue weighted by Gasteiger charge is -2.06. The van der Waals surface area contributed by atoms with Crippen molar-refractivity contribution in [2.24, 2.45) is 9.98 Å². The van der Waals surface area contributed by atoms with Crippen LogP contribution in [0.25, 0.3) is 28.0 Å². The van der Waals surface area contributed by atoms with Crippen molar-refractivity contribution in [3.8, 4) is 33.9 Å². The maximum Gasteiger partial charge on any atom is 0.162 e. The summed E-state index contributed by atoms with van der Waals surface area (Å²) in [6, 6.07) is 38.6. The van der Waals surface area contributed by atoms with Crippen LogP contribution in [-0.2, 0) is 0 Å². The van der Waals surface area contributed by atoms with Gasteiger partial charge >= 0.3 is 0 Å². The molecule has 6 rings (SSSR count). The molecule has 0 bridgehead atoms. The highest BCUT2D eigenvalue weighted by Crippen LogP contribution is 2.37. The molecule has 2 heterocycles. The van der Waals surface area contributed by atoms with Crippen LogP contribution in [0.4, 0.5) is 5.82 Å². The Morgan fingerprint density at radius 2 is 1.18 bits per heavy atom. The minimum absolute atomic E-state index is 0.648. The second-order valence-corrected chi connectivity index (χ2v) is 9.12. The van der Waals surface area contributed by atoms with Crippen LogP contribution in [0, 0.1) is 0 Å². The van der Waals surface area contributed by atoms with Gasteiger partial charge in [0.15, 0.2) is 5.84 Å². The Kier molecular flexibility index (Phi) is 6.62. The highest BCUT2D eigenvalue weighted by Gasteiger charge is 2.21. The molecule has 0 spiro atoms. The summed E-state index contributed by atoms with van der Waals surface area (Å²) in [6.45, 7) is 0. The minimum atomic E-state index is 0.648. The van der Waals surface area contributed by atoms with Crippen molar-refractivity contribution in [3.05, 3.63) is 132 Å². The van der Waals surface area contributed by atoms with E-state index >= 15 is 0 Å². The zero-order chi connectivity index (χ0) is 26.6. The van der Waals surface area contributed by atoms with Gasteiger partial charge in [-0.25, -0.2) is 9.98 Å². The zero-order valence-corrected chi connectivity index (χ0v) is 21.8. The van der Waals surface area contributed by atoms with Crippen molar-refractivity contribution in [1.82, 2.24) is 4.98 Å². The van der Waals surface area contributed by atoms with E-state index in [9.17, 15) is 0 Å². The summed E-state index contributed by atoms with van der Waals surface area (Å²) in [4.78, 5) is 13.7. The fraction of sp³-hybridized carbons (Fsp3) is 0.0588. The molecule has 1 N–H and O–H groups in total. The summed E-state index contributed by atoms with van der Waals surface area (Å²) in [6.07, 6.45) is 2.10. The number of aromatic nitrogens is 1. The minimum Gasteiger partial charge on any atom is -0.497 e. The maximum atomic E-state index is 5.38. The molecule has 39 heavy (non-hydrogen) atoms. The number of hydrogen-bond acceptors (Lipinski definition) is 3. The summed E-state index contributed by atoms with van der Waals surface area (Å²) < 4.78 is 10.8. The molecule has 0 saturated heterocycles. The van der Waals surface area contributed by atoms with Gasteiger partial charge in [-0.15, -0.1) is 0 Å². The molecule has 0 radical (unpaired) electrons. The van der Waals surface area contributed by atoms with Crippen molar-refractivity contribution < 1.29 is 9.47 Å². The van der Waals surface area contributed by atoms with E-state index in [1.165, 1.54) is 0 Å². The van der Waals surface area contributed by atoms with E-state index in [-0.39, 0.29) is 0 Å². The van der Waals surface area contributed by atoms with Gasteiger partial charge in [0.1, 0.15) is 17.3 Å². The van der Waals surface area contributed by atoms with Crippen molar-refractivity contribution in [1.29, 1.82) is 0 Å². The van der Waals surface area contributed by atoms with Gasteiger partial charge in [0.05, 0.1) is 19.9 Å². The van der Waals surface area contributed by atoms with Crippen LogP contribution >= 0.6 is 0 Å². The van der Waals surface area contributed by atoms with Crippen LogP contribution in [0.3, 0.4) is 0 Å². The first kappa shape index (κ1) is 24.2. The fourth-order valence-electron chi connectivity index (χ4n) is 4.63. The molecule has 0 aliphatic carbocycles. The molecule has 0 unspecified atom stereocenters. The zero-order valence-electron chi connectivity index (χ0n) is 21.8. The summed E-state index contributed by atoms with van der Waals surface area (Å²) in [5.41, 5.74) is 7.99. The average Bonchev–Trinajstić information content (AvgIpc) is 3.63. The van der Waals surface area contributed by atoms with Crippen molar-refractivity contribution in [2.75, 3.05) is 14.2 Å². The molecule has 190 valence electrons. The monoisotopic (exact) mass is 509 g/mol. The van der Waals surface area contributed by atoms with Crippen LogP contribution in [0.2, 0.25) is 0 Å². The molecule has 1 aliphatic heterocycles. The summed E-state index contributed by atoms with van der Waals surface area (Å²) in [5, 5.41) is 0. The van der Waals surface area contributed by atoms with Crippen LogP contribution in [0.1, 0.15) is 11.1 Å². The molecule has 1 aliphatic rings. The molecule has 5 heteroatoms. The number of H-pyrrole nitrogens is 1. The molecule has 0 fully saturated rings. The van der Waals surface area contributed by atoms with Crippen LogP contribution in [0.15, 0.2) is 131 Å². The van der Waals surface area contributed by atoms with Gasteiger partial charge in [0.25, 0.3) is 0 Å². The quantitative estimate of drug-likeness (QED) is 0.242. The predicted molar refractivity (Wildman–Crippen MR) is 159 cm³/mol. The third-order valence-electron chi connectivity index (χ3n) is 6.72. The first-order valence-corrected chi connectivity index (χ1v) is 12.7. The Balaban J connectivity index is 1.50. The number of amidine groups is 1. The normalized spacial score (nSPS) is 13.7. The number of rotatable bonds is 7. The number of nitrogens with one attached hydrogen (secondary N) is 1. The van der Waals surface area contributed by atoms with E-state index in [4.69, 9.17) is 19.5 Å². The van der Waals surface area contributed by atoms with E-state index in [0.717, 1.165) is 62.1 Å². The Labute approximate surface area is 227 Å². The number of ether oxygens (including phenoxy) is 2. The second kappa shape index (κ2) is 10.7. The Hall–Kier alpha value is -5.16. The maximum absolute atomic E-state index is 5.38. The molecule has 0 amide bonds. The SMILES string of the molecule is COc1ccc(C2=CC(c3ccccc3)=N/C2=N\c2[nH]c(-c3ccccc3)cc2-c2ccc(OC)cc2)cc1. The van der Waals surface area contributed by atoms with Crippen LogP contribution in [-0.4, -0.2) is 30.8 Å². The molecule has 0 atom stereocenters. The van der Waals surface area contributed by atoms with E-state index in [2.05, 4.69) is 41.4 Å². The number of nitrogens with zero attached hydrogens (tertiary/aromatic N) is 2. The van der Waals surface area contributed by atoms with E-state index in [1.54, 1.807) is 14.2 Å². The lowest BCUT2D eigenvalue weighted by atomic mass is 10.0. The first-order valence-electron chi connectivity index (χ1n) is 12.7. The number of aromatic amines is 1. The van der Waals surface area contributed by atoms with Gasteiger partial charge in [-0.1, -0.05) is 84.9 Å². The molecule has 5 aromatic rings. The number of aliphatic imine (C=N–C) groups is 2. The number of allylic oxidation sites excluding steroid dienone is 1. The summed E-state index contributed by atoms with van der Waals surface area (Å²) in [5.74, 6) is 3.00. The summed E-state index contributed by atoms with van der Waals surface area (Å²) in [7, 11) is 3.34. The molecule has 5 nitrogen and oxygen atoms in total. The Morgan fingerprint density at radius 3 is 1.77 bits per heavy atom.